The molecule has 4 nitrogen and oxygen atoms in total. The molecule has 0 radical (unpaired) electrons. The summed E-state index contributed by atoms with van der Waals surface area (Å²) < 4.78 is 4.95. The summed E-state index contributed by atoms with van der Waals surface area (Å²) in [5.74, 6) is -0.580. The number of nitrogens with two attached hydrogens (primary N) is 1. The van der Waals surface area contributed by atoms with Gasteiger partial charge < -0.3 is 15.6 Å². The van der Waals surface area contributed by atoms with Crippen molar-refractivity contribution in [3.63, 3.8) is 0 Å². The van der Waals surface area contributed by atoms with E-state index in [1.54, 1.807) is 6.92 Å². The highest BCUT2D eigenvalue weighted by atomic mass is 35.5. The van der Waals surface area contributed by atoms with E-state index in [1.807, 2.05) is 0 Å². The van der Waals surface area contributed by atoms with Gasteiger partial charge in [0.2, 0.25) is 0 Å². The topological polar surface area (TPSA) is 72.5 Å². The van der Waals surface area contributed by atoms with Crippen LogP contribution in [0.15, 0.2) is 6.07 Å². The van der Waals surface area contributed by atoms with Crippen LogP contribution in [0.4, 0.5) is 0 Å². The Morgan fingerprint density at radius 2 is 2.21 bits per heavy atom. The van der Waals surface area contributed by atoms with Crippen molar-refractivity contribution in [2.24, 2.45) is 5.73 Å². The molecule has 0 heterocycles. The van der Waals surface area contributed by atoms with E-state index in [-0.39, 0.29) is 16.3 Å². The molecule has 0 aliphatic rings. The first-order valence-electron chi connectivity index (χ1n) is 3.85. The molecule has 0 spiro atoms. The van der Waals surface area contributed by atoms with Crippen LogP contribution in [0, 0.1) is 6.92 Å². The van der Waals surface area contributed by atoms with Crippen molar-refractivity contribution in [1.82, 2.24) is 0 Å². The fourth-order valence-corrected chi connectivity index (χ4v) is 1.52. The molecule has 0 saturated heterocycles. The maximum absolute atomic E-state index is 10.9. The third kappa shape index (κ3) is 1.61. The molecule has 0 aliphatic carbocycles. The molecule has 3 N–H and O–H groups in total. The number of carbonyl (C=O) groups is 1. The average molecular weight is 216 g/mol. The van der Waals surface area contributed by atoms with Crippen LogP contribution in [0.25, 0.3) is 0 Å². The van der Waals surface area contributed by atoms with Crippen LogP contribution in [0.2, 0.25) is 5.02 Å². The zero-order chi connectivity index (χ0) is 10.9. The van der Waals surface area contributed by atoms with Crippen LogP contribution in [0.1, 0.15) is 15.9 Å². The summed E-state index contributed by atoms with van der Waals surface area (Å²) in [6, 6.07) is 1.28. The summed E-state index contributed by atoms with van der Waals surface area (Å²) in [6.45, 7) is 1.59. The average Bonchev–Trinajstić information content (AvgIpc) is 2.12. The first-order valence-corrected chi connectivity index (χ1v) is 4.22. The molecule has 0 bridgehead atoms. The number of hydrogen-bond donors (Lipinski definition) is 2. The number of hydrogen-bond acceptors (Lipinski definition) is 3. The summed E-state index contributed by atoms with van der Waals surface area (Å²) in [7, 11) is 1.43. The van der Waals surface area contributed by atoms with E-state index in [0.29, 0.717) is 11.3 Å². The van der Waals surface area contributed by atoms with Gasteiger partial charge in [-0.15, -0.1) is 0 Å². The summed E-state index contributed by atoms with van der Waals surface area (Å²) in [6.07, 6.45) is 0. The van der Waals surface area contributed by atoms with Gasteiger partial charge in [-0.25, -0.2) is 0 Å². The molecule has 5 heteroatoms. The van der Waals surface area contributed by atoms with Gasteiger partial charge in [0.15, 0.2) is 0 Å². The first kappa shape index (κ1) is 10.7. The molecule has 1 aromatic carbocycles. The molecular formula is C9H10ClNO3. The van der Waals surface area contributed by atoms with E-state index in [2.05, 4.69) is 0 Å². The molecule has 1 aromatic rings. The van der Waals surface area contributed by atoms with Gasteiger partial charge in [0, 0.05) is 5.56 Å². The van der Waals surface area contributed by atoms with Crippen LogP contribution in [0.3, 0.4) is 0 Å². The minimum atomic E-state index is -0.727. The van der Waals surface area contributed by atoms with Crippen molar-refractivity contribution < 1.29 is 14.6 Å². The lowest BCUT2D eigenvalue weighted by molar-refractivity contribution is 0.0997. The molecule has 76 valence electrons. The standard InChI is InChI=1S/C9H10ClNO3/c1-4-7(12)5(9(11)13)3-6(10)8(4)14-2/h3,12H,1-2H3,(H2,11,13). The Morgan fingerprint density at radius 3 is 2.64 bits per heavy atom. The summed E-state index contributed by atoms with van der Waals surface area (Å²) in [4.78, 5) is 10.9. The number of halogens is 1. The predicted octanol–water partition coefficient (Wildman–Crippen LogP) is 1.46. The van der Waals surface area contributed by atoms with Gasteiger partial charge in [0.25, 0.3) is 5.91 Å². The number of methoxy groups -OCH3 is 1. The quantitative estimate of drug-likeness (QED) is 0.785. The number of phenols is 1. The van der Waals surface area contributed by atoms with Crippen LogP contribution < -0.4 is 10.5 Å². The minimum absolute atomic E-state index is 0.00620. The largest absolute Gasteiger partial charge is 0.507 e. The number of primary amides is 1. The second kappa shape index (κ2) is 3.75. The number of ether oxygens (including phenoxy) is 1. The lowest BCUT2D eigenvalue weighted by atomic mass is 10.1. The number of carbonyl (C=O) groups excluding carboxylic acids is 1. The maximum Gasteiger partial charge on any atom is 0.252 e. The van der Waals surface area contributed by atoms with Gasteiger partial charge in [0.05, 0.1) is 17.7 Å². The van der Waals surface area contributed by atoms with Crippen LogP contribution in [-0.2, 0) is 0 Å². The lowest BCUT2D eigenvalue weighted by Gasteiger charge is -2.10. The number of rotatable bonds is 2. The molecule has 0 saturated carbocycles. The van der Waals surface area contributed by atoms with Crippen LogP contribution >= 0.6 is 11.6 Å². The van der Waals surface area contributed by atoms with Gasteiger partial charge >= 0.3 is 0 Å². The highest BCUT2D eigenvalue weighted by Crippen LogP contribution is 2.36. The molecule has 0 aliphatic heterocycles. The fraction of sp³-hybridized carbons (Fsp3) is 0.222. The Kier molecular flexibility index (Phi) is 2.86. The fourth-order valence-electron chi connectivity index (χ4n) is 1.19. The first-order chi connectivity index (χ1) is 6.49. The molecule has 0 fully saturated rings. The summed E-state index contributed by atoms with van der Waals surface area (Å²) in [5, 5.41) is 9.81. The molecular weight excluding hydrogens is 206 g/mol. The maximum atomic E-state index is 10.9. The van der Waals surface area contributed by atoms with Gasteiger partial charge in [-0.1, -0.05) is 11.6 Å². The van der Waals surface area contributed by atoms with Crippen LogP contribution in [-0.4, -0.2) is 18.1 Å². The van der Waals surface area contributed by atoms with Crippen molar-refractivity contribution in [1.29, 1.82) is 0 Å². The Labute approximate surface area is 86.2 Å². The highest BCUT2D eigenvalue weighted by Gasteiger charge is 2.16. The SMILES string of the molecule is COc1c(Cl)cc(C(N)=O)c(O)c1C. The van der Waals surface area contributed by atoms with Gasteiger partial charge in [-0.2, -0.15) is 0 Å². The van der Waals surface area contributed by atoms with E-state index in [1.165, 1.54) is 13.2 Å². The minimum Gasteiger partial charge on any atom is -0.507 e. The third-order valence-corrected chi connectivity index (χ3v) is 2.19. The second-order valence-electron chi connectivity index (χ2n) is 2.78. The van der Waals surface area contributed by atoms with Crippen molar-refractivity contribution in [2.45, 2.75) is 6.92 Å². The van der Waals surface area contributed by atoms with E-state index in [0.717, 1.165) is 0 Å². The van der Waals surface area contributed by atoms with Crippen molar-refractivity contribution in [2.75, 3.05) is 7.11 Å². The molecule has 1 amide bonds. The van der Waals surface area contributed by atoms with Gasteiger partial charge in [-0.3, -0.25) is 4.79 Å². The Bertz CT molecular complexity index is 390. The van der Waals surface area contributed by atoms with E-state index in [9.17, 15) is 9.90 Å². The summed E-state index contributed by atoms with van der Waals surface area (Å²) >= 11 is 5.81. The zero-order valence-electron chi connectivity index (χ0n) is 7.80. The van der Waals surface area contributed by atoms with Crippen LogP contribution in [0.5, 0.6) is 11.5 Å². The number of aromatic hydroxyl groups is 1. The Morgan fingerprint density at radius 1 is 1.64 bits per heavy atom. The van der Waals surface area contributed by atoms with Crippen molar-refractivity contribution in [3.05, 3.63) is 22.2 Å². The van der Waals surface area contributed by atoms with E-state index >= 15 is 0 Å². The summed E-state index contributed by atoms with van der Waals surface area (Å²) in [5.41, 5.74) is 5.44. The van der Waals surface area contributed by atoms with Crippen molar-refractivity contribution in [3.8, 4) is 11.5 Å². The Balaban J connectivity index is 3.47. The normalized spacial score (nSPS) is 9.93. The number of benzene rings is 1. The van der Waals surface area contributed by atoms with Crippen molar-refractivity contribution >= 4 is 17.5 Å². The van der Waals surface area contributed by atoms with E-state index in [4.69, 9.17) is 22.1 Å². The molecule has 14 heavy (non-hydrogen) atoms. The molecule has 0 aromatic heterocycles. The predicted molar refractivity (Wildman–Crippen MR) is 52.9 cm³/mol. The molecule has 1 rings (SSSR count). The Hall–Kier alpha value is -1.42. The van der Waals surface area contributed by atoms with Gasteiger partial charge in [0.1, 0.15) is 11.5 Å². The number of amides is 1. The van der Waals surface area contributed by atoms with Gasteiger partial charge in [-0.05, 0) is 13.0 Å². The second-order valence-corrected chi connectivity index (χ2v) is 3.18. The smallest absolute Gasteiger partial charge is 0.252 e. The highest BCUT2D eigenvalue weighted by molar-refractivity contribution is 6.32. The monoisotopic (exact) mass is 215 g/mol. The van der Waals surface area contributed by atoms with E-state index < -0.39 is 5.91 Å². The third-order valence-electron chi connectivity index (χ3n) is 1.91. The molecule has 0 unspecified atom stereocenters. The lowest BCUT2D eigenvalue weighted by Crippen LogP contribution is -2.12. The zero-order valence-corrected chi connectivity index (χ0v) is 8.55. The molecule has 0 atom stereocenters.